The van der Waals surface area contributed by atoms with Gasteiger partial charge in [-0.2, -0.15) is 8.78 Å². The van der Waals surface area contributed by atoms with E-state index in [9.17, 15) is 13.2 Å². The highest BCUT2D eigenvalue weighted by atomic mass is 19.2. The first-order valence-corrected chi connectivity index (χ1v) is 13.2. The summed E-state index contributed by atoms with van der Waals surface area (Å²) in [4.78, 5) is 0. The van der Waals surface area contributed by atoms with Gasteiger partial charge in [0.15, 0.2) is 23.1 Å². The molecule has 0 amide bonds. The summed E-state index contributed by atoms with van der Waals surface area (Å²) < 4.78 is 69.7. The van der Waals surface area contributed by atoms with Crippen LogP contribution in [0.2, 0.25) is 0 Å². The summed E-state index contributed by atoms with van der Waals surface area (Å²) in [6, 6.07) is 13.5. The SMILES string of the molecule is CCCCCOc1ccc(OCC2CCC(c3ccc(-c4ccc(C)cc4)c(F)c3F)CC2)c(F)c1F. The van der Waals surface area contributed by atoms with Gasteiger partial charge in [0.2, 0.25) is 11.6 Å². The molecule has 0 spiro atoms. The number of hydrogen-bond donors (Lipinski definition) is 0. The summed E-state index contributed by atoms with van der Waals surface area (Å²) in [5.74, 6) is -3.89. The lowest BCUT2D eigenvalue weighted by Crippen LogP contribution is -2.20. The van der Waals surface area contributed by atoms with E-state index < -0.39 is 23.3 Å². The van der Waals surface area contributed by atoms with Crippen LogP contribution in [0.3, 0.4) is 0 Å². The van der Waals surface area contributed by atoms with Crippen LogP contribution in [0.25, 0.3) is 11.1 Å². The van der Waals surface area contributed by atoms with E-state index in [1.807, 2.05) is 19.1 Å². The molecule has 0 atom stereocenters. The van der Waals surface area contributed by atoms with Crippen LogP contribution in [-0.2, 0) is 0 Å². The molecule has 0 aliphatic heterocycles. The molecular weight excluding hydrogens is 480 g/mol. The van der Waals surface area contributed by atoms with E-state index in [0.29, 0.717) is 30.6 Å². The lowest BCUT2D eigenvalue weighted by Gasteiger charge is -2.29. The number of unbranched alkanes of at least 4 members (excludes halogenated alkanes) is 2. The van der Waals surface area contributed by atoms with Crippen molar-refractivity contribution in [2.75, 3.05) is 13.2 Å². The molecular formula is C31H34F4O2. The monoisotopic (exact) mass is 514 g/mol. The summed E-state index contributed by atoms with van der Waals surface area (Å²) in [6.07, 6.45) is 5.58. The maximum absolute atomic E-state index is 15.0. The summed E-state index contributed by atoms with van der Waals surface area (Å²) in [5, 5.41) is 0. The van der Waals surface area contributed by atoms with Crippen LogP contribution in [-0.4, -0.2) is 13.2 Å². The van der Waals surface area contributed by atoms with Crippen molar-refractivity contribution < 1.29 is 27.0 Å². The lowest BCUT2D eigenvalue weighted by molar-refractivity contribution is 0.190. The Labute approximate surface area is 216 Å². The molecule has 0 bridgehead atoms. The molecule has 1 saturated carbocycles. The number of benzene rings is 3. The molecule has 1 fully saturated rings. The molecule has 0 aromatic heterocycles. The van der Waals surface area contributed by atoms with Crippen molar-refractivity contribution >= 4 is 0 Å². The maximum Gasteiger partial charge on any atom is 0.204 e. The third-order valence-corrected chi connectivity index (χ3v) is 7.25. The molecule has 0 N–H and O–H groups in total. The van der Waals surface area contributed by atoms with E-state index in [2.05, 4.69) is 6.92 Å². The van der Waals surface area contributed by atoms with Gasteiger partial charge in [-0.3, -0.25) is 0 Å². The Morgan fingerprint density at radius 3 is 2.00 bits per heavy atom. The fraction of sp³-hybridized carbons (Fsp3) is 0.419. The second-order valence-corrected chi connectivity index (χ2v) is 9.97. The molecule has 2 nitrogen and oxygen atoms in total. The summed E-state index contributed by atoms with van der Waals surface area (Å²) >= 11 is 0. The van der Waals surface area contributed by atoms with Crippen molar-refractivity contribution in [1.29, 1.82) is 0 Å². The van der Waals surface area contributed by atoms with Crippen LogP contribution >= 0.6 is 0 Å². The predicted octanol–water partition coefficient (Wildman–Crippen LogP) is 9.14. The Balaban J connectivity index is 1.32. The molecule has 0 radical (unpaired) electrons. The van der Waals surface area contributed by atoms with Gasteiger partial charge in [-0.25, -0.2) is 8.78 Å². The highest BCUT2D eigenvalue weighted by molar-refractivity contribution is 5.65. The summed E-state index contributed by atoms with van der Waals surface area (Å²) in [7, 11) is 0. The van der Waals surface area contributed by atoms with Gasteiger partial charge in [-0.15, -0.1) is 0 Å². The van der Waals surface area contributed by atoms with Gasteiger partial charge >= 0.3 is 0 Å². The van der Waals surface area contributed by atoms with Gasteiger partial charge in [-0.05, 0) is 74.1 Å². The predicted molar refractivity (Wildman–Crippen MR) is 138 cm³/mol. The molecule has 0 unspecified atom stereocenters. The lowest BCUT2D eigenvalue weighted by atomic mass is 9.78. The zero-order valence-electron chi connectivity index (χ0n) is 21.5. The topological polar surface area (TPSA) is 18.5 Å². The normalized spacial score (nSPS) is 17.6. The first-order chi connectivity index (χ1) is 17.9. The third kappa shape index (κ3) is 6.46. The van der Waals surface area contributed by atoms with Crippen molar-refractivity contribution in [1.82, 2.24) is 0 Å². The Hall–Kier alpha value is -3.02. The van der Waals surface area contributed by atoms with Crippen molar-refractivity contribution in [3.05, 3.63) is 82.9 Å². The molecule has 37 heavy (non-hydrogen) atoms. The van der Waals surface area contributed by atoms with E-state index in [1.165, 1.54) is 12.1 Å². The van der Waals surface area contributed by atoms with Crippen LogP contribution in [0.1, 0.15) is 68.9 Å². The van der Waals surface area contributed by atoms with E-state index in [4.69, 9.17) is 9.47 Å². The Kier molecular flexibility index (Phi) is 9.12. The highest BCUT2D eigenvalue weighted by Gasteiger charge is 2.27. The van der Waals surface area contributed by atoms with Crippen LogP contribution < -0.4 is 9.47 Å². The fourth-order valence-corrected chi connectivity index (χ4v) is 4.95. The highest BCUT2D eigenvalue weighted by Crippen LogP contribution is 2.39. The third-order valence-electron chi connectivity index (χ3n) is 7.25. The molecule has 198 valence electrons. The van der Waals surface area contributed by atoms with Crippen molar-refractivity contribution in [3.8, 4) is 22.6 Å². The molecule has 3 aromatic carbocycles. The standard InChI is InChI=1S/C31H34F4O2/c1-3-4-5-18-36-26-16-17-27(31(35)30(26)34)37-19-21-8-12-23(13-9-21)25-15-14-24(28(32)29(25)33)22-10-6-20(2)7-11-22/h6-7,10-11,14-17,21,23H,3-5,8-9,12-13,18-19H2,1-2H3. The maximum atomic E-state index is 15.0. The second kappa shape index (κ2) is 12.5. The zero-order valence-corrected chi connectivity index (χ0v) is 21.5. The minimum Gasteiger partial charge on any atom is -0.490 e. The Morgan fingerprint density at radius 1 is 0.703 bits per heavy atom. The van der Waals surface area contributed by atoms with E-state index in [1.54, 1.807) is 24.3 Å². The van der Waals surface area contributed by atoms with Crippen LogP contribution in [0.5, 0.6) is 11.5 Å². The number of halogens is 4. The van der Waals surface area contributed by atoms with Crippen LogP contribution in [0.4, 0.5) is 17.6 Å². The number of rotatable bonds is 10. The minimum atomic E-state index is -1.05. The zero-order chi connectivity index (χ0) is 26.4. The average Bonchev–Trinajstić information content (AvgIpc) is 2.91. The first-order valence-electron chi connectivity index (χ1n) is 13.2. The number of hydrogen-bond acceptors (Lipinski definition) is 2. The van der Waals surface area contributed by atoms with E-state index >= 15 is 4.39 Å². The smallest absolute Gasteiger partial charge is 0.204 e. The largest absolute Gasteiger partial charge is 0.490 e. The van der Waals surface area contributed by atoms with Gasteiger partial charge in [0.05, 0.1) is 13.2 Å². The van der Waals surface area contributed by atoms with Gasteiger partial charge in [0.1, 0.15) is 0 Å². The number of aryl methyl sites for hydroxylation is 1. The fourth-order valence-electron chi connectivity index (χ4n) is 4.95. The van der Waals surface area contributed by atoms with Crippen molar-refractivity contribution in [2.24, 2.45) is 5.92 Å². The van der Waals surface area contributed by atoms with Crippen LogP contribution in [0.15, 0.2) is 48.5 Å². The average molecular weight is 515 g/mol. The molecule has 0 heterocycles. The molecule has 0 saturated heterocycles. The van der Waals surface area contributed by atoms with Gasteiger partial charge < -0.3 is 9.47 Å². The summed E-state index contributed by atoms with van der Waals surface area (Å²) in [5.41, 5.74) is 2.36. The van der Waals surface area contributed by atoms with Crippen molar-refractivity contribution in [2.45, 2.75) is 64.7 Å². The Bertz CT molecular complexity index is 1180. The van der Waals surface area contributed by atoms with Gasteiger partial charge in [-0.1, -0.05) is 61.7 Å². The minimum absolute atomic E-state index is 0.0869. The quantitative estimate of drug-likeness (QED) is 0.198. The first kappa shape index (κ1) is 27.0. The molecule has 1 aliphatic carbocycles. The van der Waals surface area contributed by atoms with E-state index in [-0.39, 0.29) is 35.5 Å². The Morgan fingerprint density at radius 2 is 1.35 bits per heavy atom. The molecule has 1 aliphatic rings. The van der Waals surface area contributed by atoms with Gasteiger partial charge in [0, 0.05) is 5.56 Å². The number of ether oxygens (including phenoxy) is 2. The molecule has 6 heteroatoms. The van der Waals surface area contributed by atoms with E-state index in [0.717, 1.165) is 37.7 Å². The summed E-state index contributed by atoms with van der Waals surface area (Å²) in [6.45, 7) is 4.58. The molecule has 3 aromatic rings. The second-order valence-electron chi connectivity index (χ2n) is 9.97. The molecule has 4 rings (SSSR count). The van der Waals surface area contributed by atoms with Crippen LogP contribution in [0, 0.1) is 36.1 Å². The van der Waals surface area contributed by atoms with Crippen molar-refractivity contribution in [3.63, 3.8) is 0 Å². The van der Waals surface area contributed by atoms with Gasteiger partial charge in [0.25, 0.3) is 0 Å².